The van der Waals surface area contributed by atoms with E-state index in [1.807, 2.05) is 29.8 Å². The van der Waals surface area contributed by atoms with E-state index >= 15 is 0 Å². The number of hydrogen-bond acceptors (Lipinski definition) is 2. The van der Waals surface area contributed by atoms with Gasteiger partial charge < -0.3 is 10.1 Å². The van der Waals surface area contributed by atoms with Crippen molar-refractivity contribution < 1.29 is 0 Å². The summed E-state index contributed by atoms with van der Waals surface area (Å²) in [6.45, 7) is 8.69. The zero-order valence-electron chi connectivity index (χ0n) is 13.0. The summed E-state index contributed by atoms with van der Waals surface area (Å²) in [6, 6.07) is 10.6. The van der Waals surface area contributed by atoms with Gasteiger partial charge in [-0.1, -0.05) is 45.0 Å². The van der Waals surface area contributed by atoms with Gasteiger partial charge in [0, 0.05) is 18.0 Å². The fraction of sp³-hybridized carbons (Fsp3) is 0.278. The first-order chi connectivity index (χ1) is 9.84. The van der Waals surface area contributed by atoms with Gasteiger partial charge in [0.25, 0.3) is 0 Å². The number of aromatic nitrogens is 2. The Morgan fingerprint density at radius 3 is 2.33 bits per heavy atom. The van der Waals surface area contributed by atoms with Crippen molar-refractivity contribution in [3.05, 3.63) is 53.9 Å². The molecule has 0 fully saturated rings. The van der Waals surface area contributed by atoms with Gasteiger partial charge in [-0.25, -0.2) is 4.98 Å². The Balaban J connectivity index is 2.06. The number of imidazole rings is 1. The van der Waals surface area contributed by atoms with Crippen molar-refractivity contribution in [2.24, 2.45) is 0 Å². The van der Waals surface area contributed by atoms with E-state index in [1.165, 1.54) is 5.56 Å². The summed E-state index contributed by atoms with van der Waals surface area (Å²) >= 11 is 0. The first kappa shape index (κ1) is 13.7. The van der Waals surface area contributed by atoms with E-state index in [4.69, 9.17) is 5.73 Å². The third-order valence-corrected chi connectivity index (χ3v) is 3.76. The predicted molar refractivity (Wildman–Crippen MR) is 88.5 cm³/mol. The number of hydrogen-bond donors (Lipinski definition) is 1. The molecule has 0 bridgehead atoms. The largest absolute Gasteiger partial charge is 0.396 e. The Bertz CT molecular complexity index is 790. The van der Waals surface area contributed by atoms with Gasteiger partial charge in [0.05, 0.1) is 11.4 Å². The average molecular weight is 279 g/mol. The van der Waals surface area contributed by atoms with E-state index in [9.17, 15) is 0 Å². The maximum Gasteiger partial charge on any atom is 0.160 e. The first-order valence-electron chi connectivity index (χ1n) is 7.20. The van der Waals surface area contributed by atoms with Crippen molar-refractivity contribution in [1.29, 1.82) is 0 Å². The zero-order chi connectivity index (χ0) is 15.2. The van der Waals surface area contributed by atoms with Crippen LogP contribution in [0.3, 0.4) is 0 Å². The molecule has 0 aliphatic carbocycles. The molecule has 2 heterocycles. The highest BCUT2D eigenvalue weighted by Crippen LogP contribution is 2.27. The molecule has 0 saturated carbocycles. The lowest BCUT2D eigenvalue weighted by atomic mass is 9.86. The molecule has 0 radical (unpaired) electrons. The standard InChI is InChI=1S/C18H21N3/c1-12-9-15(19)17-20-16(11-21(17)10-12)13-5-7-14(8-6-13)18(2,3)4/h5-11H,19H2,1-4H3. The minimum atomic E-state index is 0.166. The van der Waals surface area contributed by atoms with Crippen molar-refractivity contribution >= 4 is 11.3 Å². The highest BCUT2D eigenvalue weighted by atomic mass is 15.0. The molecule has 0 aliphatic rings. The molecule has 1 aromatic carbocycles. The van der Waals surface area contributed by atoms with Crippen LogP contribution in [0.5, 0.6) is 0 Å². The van der Waals surface area contributed by atoms with E-state index < -0.39 is 0 Å². The number of aryl methyl sites for hydroxylation is 1. The quantitative estimate of drug-likeness (QED) is 0.726. The Hall–Kier alpha value is -2.29. The Morgan fingerprint density at radius 2 is 1.71 bits per heavy atom. The summed E-state index contributed by atoms with van der Waals surface area (Å²) < 4.78 is 2.00. The van der Waals surface area contributed by atoms with Crippen LogP contribution < -0.4 is 5.73 Å². The van der Waals surface area contributed by atoms with Crippen molar-refractivity contribution in [2.75, 3.05) is 5.73 Å². The number of nitrogen functional groups attached to an aromatic ring is 1. The zero-order valence-corrected chi connectivity index (χ0v) is 13.0. The number of nitrogens with two attached hydrogens (primary N) is 1. The molecule has 3 aromatic rings. The highest BCUT2D eigenvalue weighted by Gasteiger charge is 2.14. The van der Waals surface area contributed by atoms with Gasteiger partial charge in [-0.3, -0.25) is 0 Å². The second-order valence-corrected chi connectivity index (χ2v) is 6.66. The first-order valence-corrected chi connectivity index (χ1v) is 7.20. The van der Waals surface area contributed by atoms with Gasteiger partial charge in [-0.2, -0.15) is 0 Å². The van der Waals surface area contributed by atoms with Crippen molar-refractivity contribution in [1.82, 2.24) is 9.38 Å². The molecule has 2 aromatic heterocycles. The van der Waals surface area contributed by atoms with Crippen LogP contribution in [0.25, 0.3) is 16.9 Å². The Kier molecular flexibility index (Phi) is 3.01. The lowest BCUT2D eigenvalue weighted by Gasteiger charge is -2.18. The van der Waals surface area contributed by atoms with E-state index in [-0.39, 0.29) is 5.41 Å². The maximum absolute atomic E-state index is 6.05. The Labute approximate surface area is 125 Å². The van der Waals surface area contributed by atoms with Crippen LogP contribution in [0.4, 0.5) is 5.69 Å². The molecule has 3 nitrogen and oxygen atoms in total. The lowest BCUT2D eigenvalue weighted by molar-refractivity contribution is 0.590. The normalized spacial score (nSPS) is 12.0. The minimum Gasteiger partial charge on any atom is -0.396 e. The molecular formula is C18H21N3. The fourth-order valence-corrected chi connectivity index (χ4v) is 2.55. The van der Waals surface area contributed by atoms with Gasteiger partial charge in [-0.15, -0.1) is 0 Å². The summed E-state index contributed by atoms with van der Waals surface area (Å²) in [7, 11) is 0. The molecule has 3 heteroatoms. The number of fused-ring (bicyclic) bond motifs is 1. The van der Waals surface area contributed by atoms with Gasteiger partial charge >= 0.3 is 0 Å². The third kappa shape index (κ3) is 2.51. The minimum absolute atomic E-state index is 0.166. The number of benzene rings is 1. The molecule has 21 heavy (non-hydrogen) atoms. The summed E-state index contributed by atoms with van der Waals surface area (Å²) in [5, 5.41) is 0. The second-order valence-electron chi connectivity index (χ2n) is 6.66. The van der Waals surface area contributed by atoms with E-state index in [1.54, 1.807) is 0 Å². The number of anilines is 1. The number of pyridine rings is 1. The second kappa shape index (κ2) is 4.62. The third-order valence-electron chi connectivity index (χ3n) is 3.76. The van der Waals surface area contributed by atoms with Crippen LogP contribution in [-0.2, 0) is 5.41 Å². The predicted octanol–water partition coefficient (Wildman–Crippen LogP) is 4.19. The molecule has 0 spiro atoms. The van der Waals surface area contributed by atoms with E-state index in [0.29, 0.717) is 5.69 Å². The summed E-state index contributed by atoms with van der Waals surface area (Å²) in [4.78, 5) is 4.65. The van der Waals surface area contributed by atoms with Gasteiger partial charge in [0.15, 0.2) is 5.65 Å². The molecule has 0 aliphatic heterocycles. The molecule has 3 rings (SSSR count). The van der Waals surface area contributed by atoms with Crippen LogP contribution in [0.1, 0.15) is 31.9 Å². The molecule has 0 saturated heterocycles. The topological polar surface area (TPSA) is 43.3 Å². The van der Waals surface area contributed by atoms with Crippen LogP contribution in [-0.4, -0.2) is 9.38 Å². The molecular weight excluding hydrogens is 258 g/mol. The van der Waals surface area contributed by atoms with Crippen LogP contribution in [0.15, 0.2) is 42.7 Å². The molecule has 0 amide bonds. The van der Waals surface area contributed by atoms with Gasteiger partial charge in [0.1, 0.15) is 0 Å². The van der Waals surface area contributed by atoms with Crippen molar-refractivity contribution in [3.8, 4) is 11.3 Å². The fourth-order valence-electron chi connectivity index (χ4n) is 2.55. The average Bonchev–Trinajstić information content (AvgIpc) is 2.82. The molecule has 108 valence electrons. The molecule has 0 atom stereocenters. The Morgan fingerprint density at radius 1 is 1.05 bits per heavy atom. The van der Waals surface area contributed by atoms with Crippen molar-refractivity contribution in [2.45, 2.75) is 33.1 Å². The van der Waals surface area contributed by atoms with E-state index in [0.717, 1.165) is 22.5 Å². The SMILES string of the molecule is Cc1cc(N)c2nc(-c3ccc(C(C)(C)C)cc3)cn2c1. The lowest BCUT2D eigenvalue weighted by Crippen LogP contribution is -2.10. The van der Waals surface area contributed by atoms with Crippen LogP contribution in [0.2, 0.25) is 0 Å². The number of nitrogens with zero attached hydrogens (tertiary/aromatic N) is 2. The summed E-state index contributed by atoms with van der Waals surface area (Å²) in [5.74, 6) is 0. The molecule has 0 unspecified atom stereocenters. The van der Waals surface area contributed by atoms with Crippen molar-refractivity contribution in [3.63, 3.8) is 0 Å². The van der Waals surface area contributed by atoms with Gasteiger partial charge in [-0.05, 0) is 29.5 Å². The van der Waals surface area contributed by atoms with Gasteiger partial charge in [0.2, 0.25) is 0 Å². The van der Waals surface area contributed by atoms with Crippen LogP contribution >= 0.6 is 0 Å². The summed E-state index contributed by atoms with van der Waals surface area (Å²) in [6.07, 6.45) is 4.08. The highest BCUT2D eigenvalue weighted by molar-refractivity contribution is 5.71. The maximum atomic E-state index is 6.05. The van der Waals surface area contributed by atoms with E-state index in [2.05, 4.69) is 50.0 Å². The molecule has 2 N–H and O–H groups in total. The smallest absolute Gasteiger partial charge is 0.160 e. The summed E-state index contributed by atoms with van der Waals surface area (Å²) in [5.41, 5.74) is 12.3. The van der Waals surface area contributed by atoms with Crippen LogP contribution in [0, 0.1) is 6.92 Å². The number of rotatable bonds is 1. The monoisotopic (exact) mass is 279 g/mol.